The molecule has 1 aromatic heterocycles. The lowest BCUT2D eigenvalue weighted by Crippen LogP contribution is -2.35. The van der Waals surface area contributed by atoms with Gasteiger partial charge in [-0.1, -0.05) is 17.7 Å². The lowest BCUT2D eigenvalue weighted by atomic mass is 10.1. The van der Waals surface area contributed by atoms with Gasteiger partial charge in [-0.25, -0.2) is 16.8 Å². The van der Waals surface area contributed by atoms with E-state index in [2.05, 4.69) is 10.3 Å². The Kier molecular flexibility index (Phi) is 7.47. The van der Waals surface area contributed by atoms with Gasteiger partial charge in [0.15, 0.2) is 9.84 Å². The first-order valence-corrected chi connectivity index (χ1v) is 12.9. The van der Waals surface area contributed by atoms with Gasteiger partial charge in [0, 0.05) is 42.5 Å². The molecular formula is C20H22ClN3O5S2. The molecule has 166 valence electrons. The van der Waals surface area contributed by atoms with Gasteiger partial charge in [-0.3, -0.25) is 9.78 Å². The molecule has 1 aliphatic heterocycles. The first-order chi connectivity index (χ1) is 14.7. The second-order valence-corrected chi connectivity index (χ2v) is 11.2. The summed E-state index contributed by atoms with van der Waals surface area (Å²) in [7, 11) is -7.25. The average molecular weight is 484 g/mol. The fraction of sp³-hybridized carbons (Fsp3) is 0.300. The molecule has 1 amide bonds. The maximum atomic E-state index is 12.6. The molecule has 1 aliphatic rings. The minimum absolute atomic E-state index is 0.100. The van der Waals surface area contributed by atoms with Crippen LogP contribution in [0.5, 0.6) is 0 Å². The van der Waals surface area contributed by atoms with E-state index in [9.17, 15) is 21.6 Å². The van der Waals surface area contributed by atoms with Gasteiger partial charge in [-0.05, 0) is 49.2 Å². The number of carbonyl (C=O) groups excluding carboxylic acids is 1. The normalized spacial score (nSPS) is 17.8. The highest BCUT2D eigenvalue weighted by atomic mass is 35.5. The zero-order chi connectivity index (χ0) is 22.5. The average Bonchev–Trinajstić information content (AvgIpc) is 3.25. The number of halogens is 1. The van der Waals surface area contributed by atoms with E-state index in [1.807, 2.05) is 0 Å². The highest BCUT2D eigenvalue weighted by Gasteiger charge is 2.35. The molecule has 2 heterocycles. The maximum Gasteiger partial charge on any atom is 0.244 e. The van der Waals surface area contributed by atoms with Gasteiger partial charge in [-0.2, -0.15) is 4.31 Å². The zero-order valence-electron chi connectivity index (χ0n) is 16.5. The second kappa shape index (κ2) is 9.90. The molecule has 11 heteroatoms. The number of sulfone groups is 1. The Morgan fingerprint density at radius 3 is 2.58 bits per heavy atom. The van der Waals surface area contributed by atoms with Crippen molar-refractivity contribution in [3.05, 3.63) is 65.3 Å². The predicted molar refractivity (Wildman–Crippen MR) is 117 cm³/mol. The highest BCUT2D eigenvalue weighted by Crippen LogP contribution is 2.24. The van der Waals surface area contributed by atoms with Crippen molar-refractivity contribution in [3.63, 3.8) is 0 Å². The third-order valence-corrected chi connectivity index (χ3v) is 8.40. The van der Waals surface area contributed by atoms with Gasteiger partial charge >= 0.3 is 0 Å². The smallest absolute Gasteiger partial charge is 0.244 e. The molecule has 3 rings (SSSR count). The number of hydrogen-bond donors (Lipinski definition) is 1. The summed E-state index contributed by atoms with van der Waals surface area (Å²) in [5.74, 6) is -0.703. The van der Waals surface area contributed by atoms with Crippen molar-refractivity contribution in [2.24, 2.45) is 5.92 Å². The molecule has 1 unspecified atom stereocenters. The summed E-state index contributed by atoms with van der Waals surface area (Å²) in [5.41, 5.74) is 0. The number of rotatable bonds is 8. The molecule has 0 spiro atoms. The molecule has 2 aromatic rings. The molecule has 1 N–H and O–H groups in total. The molecular weight excluding hydrogens is 462 g/mol. The summed E-state index contributed by atoms with van der Waals surface area (Å²) in [6.45, 7) is 0.607. The minimum Gasteiger partial charge on any atom is -0.356 e. The summed E-state index contributed by atoms with van der Waals surface area (Å²) in [6, 6.07) is 8.88. The maximum absolute atomic E-state index is 12.6. The number of pyridine rings is 1. The third kappa shape index (κ3) is 5.91. The SMILES string of the molecule is O=C(NCC/C=C/S(=O)(=O)c1ccc(Cl)cc1)C1CCN(S(=O)(=O)c2cccnc2)C1. The molecule has 1 fully saturated rings. The number of aromatic nitrogens is 1. The number of amides is 1. The monoisotopic (exact) mass is 483 g/mol. The molecule has 1 aromatic carbocycles. The van der Waals surface area contributed by atoms with E-state index < -0.39 is 25.8 Å². The number of benzene rings is 1. The van der Waals surface area contributed by atoms with Crippen molar-refractivity contribution in [2.45, 2.75) is 22.6 Å². The Hall–Kier alpha value is -2.27. The van der Waals surface area contributed by atoms with Crippen molar-refractivity contribution in [3.8, 4) is 0 Å². The van der Waals surface area contributed by atoms with Crippen LogP contribution in [-0.4, -0.2) is 51.7 Å². The van der Waals surface area contributed by atoms with Crippen LogP contribution in [0.1, 0.15) is 12.8 Å². The molecule has 1 saturated heterocycles. The van der Waals surface area contributed by atoms with Crippen LogP contribution >= 0.6 is 11.6 Å². The Labute approximate surface area is 186 Å². The van der Waals surface area contributed by atoms with Gasteiger partial charge in [0.25, 0.3) is 0 Å². The van der Waals surface area contributed by atoms with Crippen molar-refractivity contribution in [2.75, 3.05) is 19.6 Å². The standard InChI is InChI=1S/C20H22ClN3O5S2/c21-17-5-7-18(8-6-17)30(26,27)13-2-1-11-23-20(25)16-9-12-24(15-16)31(28,29)19-4-3-10-22-14-19/h2-8,10,13-14,16H,1,9,11-12,15H2,(H,23,25)/b13-2+. The molecule has 0 radical (unpaired) electrons. The fourth-order valence-electron chi connectivity index (χ4n) is 3.13. The van der Waals surface area contributed by atoms with Gasteiger partial charge in [0.2, 0.25) is 15.9 Å². The zero-order valence-corrected chi connectivity index (χ0v) is 18.9. The van der Waals surface area contributed by atoms with E-state index >= 15 is 0 Å². The molecule has 31 heavy (non-hydrogen) atoms. The van der Waals surface area contributed by atoms with Crippen LogP contribution in [0, 0.1) is 5.92 Å². The number of hydrogen-bond acceptors (Lipinski definition) is 6. The summed E-state index contributed by atoms with van der Waals surface area (Å²) >= 11 is 5.76. The number of nitrogens with one attached hydrogen (secondary N) is 1. The minimum atomic E-state index is -3.68. The second-order valence-electron chi connectivity index (χ2n) is 6.99. The Morgan fingerprint density at radius 1 is 1.16 bits per heavy atom. The van der Waals surface area contributed by atoms with Gasteiger partial charge in [0.1, 0.15) is 4.90 Å². The summed E-state index contributed by atoms with van der Waals surface area (Å²) in [5, 5.41) is 4.28. The van der Waals surface area contributed by atoms with E-state index in [1.165, 1.54) is 53.1 Å². The quantitative estimate of drug-likeness (QED) is 0.576. The summed E-state index contributed by atoms with van der Waals surface area (Å²) in [4.78, 5) is 16.4. The number of carbonyl (C=O) groups is 1. The van der Waals surface area contributed by atoms with Gasteiger partial charge in [0.05, 0.1) is 10.8 Å². The van der Waals surface area contributed by atoms with Crippen molar-refractivity contribution < 1.29 is 21.6 Å². The largest absolute Gasteiger partial charge is 0.356 e. The number of sulfonamides is 1. The molecule has 8 nitrogen and oxygen atoms in total. The van der Waals surface area contributed by atoms with Crippen molar-refractivity contribution in [1.82, 2.24) is 14.6 Å². The van der Waals surface area contributed by atoms with Crippen LogP contribution in [0.25, 0.3) is 0 Å². The first-order valence-electron chi connectivity index (χ1n) is 9.55. The van der Waals surface area contributed by atoms with E-state index in [-0.39, 0.29) is 35.3 Å². The first kappa shape index (κ1) is 23.4. The van der Waals surface area contributed by atoms with Crippen LogP contribution in [0.15, 0.2) is 70.1 Å². The third-order valence-electron chi connectivity index (χ3n) is 4.82. The van der Waals surface area contributed by atoms with Crippen LogP contribution in [0.4, 0.5) is 0 Å². The van der Waals surface area contributed by atoms with Crippen LogP contribution < -0.4 is 5.32 Å². The molecule has 0 saturated carbocycles. The van der Waals surface area contributed by atoms with Gasteiger partial charge in [-0.15, -0.1) is 0 Å². The topological polar surface area (TPSA) is 114 Å². The molecule has 0 aliphatic carbocycles. The van der Waals surface area contributed by atoms with Crippen molar-refractivity contribution >= 4 is 37.4 Å². The van der Waals surface area contributed by atoms with E-state index in [4.69, 9.17) is 11.6 Å². The lowest BCUT2D eigenvalue weighted by Gasteiger charge is -2.16. The van der Waals surface area contributed by atoms with Crippen molar-refractivity contribution in [1.29, 1.82) is 0 Å². The number of nitrogens with zero attached hydrogens (tertiary/aromatic N) is 2. The van der Waals surface area contributed by atoms with Crippen LogP contribution in [-0.2, 0) is 24.7 Å². The van der Waals surface area contributed by atoms with E-state index in [1.54, 1.807) is 6.07 Å². The van der Waals surface area contributed by atoms with E-state index in [0.717, 1.165) is 5.41 Å². The lowest BCUT2D eigenvalue weighted by molar-refractivity contribution is -0.124. The fourth-order valence-corrected chi connectivity index (χ4v) is 5.78. The Bertz CT molecular complexity index is 1150. The summed E-state index contributed by atoms with van der Waals surface area (Å²) < 4.78 is 50.9. The van der Waals surface area contributed by atoms with E-state index in [0.29, 0.717) is 17.9 Å². The van der Waals surface area contributed by atoms with Crippen LogP contribution in [0.2, 0.25) is 5.02 Å². The Balaban J connectivity index is 1.47. The predicted octanol–water partition coefficient (Wildman–Crippen LogP) is 2.24. The summed E-state index contributed by atoms with van der Waals surface area (Å²) in [6.07, 6.45) is 4.99. The van der Waals surface area contributed by atoms with Gasteiger partial charge < -0.3 is 5.32 Å². The highest BCUT2D eigenvalue weighted by molar-refractivity contribution is 7.94. The molecule has 0 bridgehead atoms. The van der Waals surface area contributed by atoms with Crippen LogP contribution in [0.3, 0.4) is 0 Å². The Morgan fingerprint density at radius 2 is 1.90 bits per heavy atom. The molecule has 1 atom stereocenters.